The Morgan fingerprint density at radius 3 is 2.82 bits per heavy atom. The second-order valence-corrected chi connectivity index (χ2v) is 2.39. The van der Waals surface area contributed by atoms with E-state index in [0.717, 1.165) is 0 Å². The summed E-state index contributed by atoms with van der Waals surface area (Å²) in [6.07, 6.45) is 0. The molecule has 0 fully saturated rings. The molecule has 0 atom stereocenters. The summed E-state index contributed by atoms with van der Waals surface area (Å²) in [5, 5.41) is 0.634. The summed E-state index contributed by atoms with van der Waals surface area (Å²) >= 11 is 0. The highest BCUT2D eigenvalue weighted by molar-refractivity contribution is 5.75. The average Bonchev–Trinajstić information content (AvgIpc) is 2.30. The zero-order chi connectivity index (χ0) is 7.84. The fourth-order valence-corrected chi connectivity index (χ4v) is 1.08. The lowest BCUT2D eigenvalue weighted by Crippen LogP contribution is -2.08. The van der Waals surface area contributed by atoms with Crippen LogP contribution in [0.5, 0.6) is 0 Å². The summed E-state index contributed by atoms with van der Waals surface area (Å²) in [5.74, 6) is 0. The van der Waals surface area contributed by atoms with Gasteiger partial charge in [-0.1, -0.05) is 12.1 Å². The highest BCUT2D eigenvalue weighted by atomic mass is 16.5. The minimum Gasteiger partial charge on any atom is -0.376 e. The minimum absolute atomic E-state index is 0.0828. The molecule has 1 heterocycles. The van der Waals surface area contributed by atoms with E-state index in [4.69, 9.17) is 4.52 Å². The molecule has 2 aromatic rings. The standard InChI is InChI=1S/C8H7NO2/c1-9-8(10)6-4-2-3-5-7(6)11-9/h2-5H,1H3. The van der Waals surface area contributed by atoms with Crippen molar-refractivity contribution in [2.75, 3.05) is 0 Å². The van der Waals surface area contributed by atoms with Crippen molar-refractivity contribution in [2.24, 2.45) is 7.05 Å². The van der Waals surface area contributed by atoms with E-state index >= 15 is 0 Å². The molecule has 0 bridgehead atoms. The summed E-state index contributed by atoms with van der Waals surface area (Å²) in [4.78, 5) is 11.2. The first-order chi connectivity index (χ1) is 5.29. The number of para-hydroxylation sites is 1. The molecule has 3 nitrogen and oxygen atoms in total. The number of aryl methyl sites for hydroxylation is 1. The molecule has 0 spiro atoms. The van der Waals surface area contributed by atoms with Crippen molar-refractivity contribution in [2.45, 2.75) is 0 Å². The predicted molar refractivity (Wildman–Crippen MR) is 41.5 cm³/mol. The Morgan fingerprint density at radius 1 is 1.36 bits per heavy atom. The third kappa shape index (κ3) is 0.774. The molecule has 0 saturated carbocycles. The van der Waals surface area contributed by atoms with E-state index < -0.39 is 0 Å². The summed E-state index contributed by atoms with van der Waals surface area (Å²) in [6.45, 7) is 0. The summed E-state index contributed by atoms with van der Waals surface area (Å²) in [5.41, 5.74) is 0.556. The lowest BCUT2D eigenvalue weighted by molar-refractivity contribution is 0.324. The highest BCUT2D eigenvalue weighted by Gasteiger charge is 2.02. The van der Waals surface area contributed by atoms with Crippen LogP contribution in [0, 0.1) is 0 Å². The van der Waals surface area contributed by atoms with Crippen molar-refractivity contribution in [3.63, 3.8) is 0 Å². The molecule has 3 heteroatoms. The van der Waals surface area contributed by atoms with Gasteiger partial charge in [-0.05, 0) is 12.1 Å². The van der Waals surface area contributed by atoms with Crippen LogP contribution in [-0.2, 0) is 7.05 Å². The number of hydrogen-bond donors (Lipinski definition) is 0. The Balaban J connectivity index is 3.04. The van der Waals surface area contributed by atoms with Gasteiger partial charge in [0.1, 0.15) is 0 Å². The Bertz CT molecular complexity index is 439. The first-order valence-corrected chi connectivity index (χ1v) is 3.34. The van der Waals surface area contributed by atoms with Crippen molar-refractivity contribution < 1.29 is 4.52 Å². The molecule has 0 saturated heterocycles. The molecule has 11 heavy (non-hydrogen) atoms. The van der Waals surface area contributed by atoms with Gasteiger partial charge in [0.15, 0.2) is 5.58 Å². The van der Waals surface area contributed by atoms with Gasteiger partial charge in [-0.3, -0.25) is 4.79 Å². The maximum atomic E-state index is 11.2. The van der Waals surface area contributed by atoms with E-state index in [2.05, 4.69) is 0 Å². The number of nitrogens with zero attached hydrogens (tertiary/aromatic N) is 1. The smallest absolute Gasteiger partial charge is 0.290 e. The third-order valence-electron chi connectivity index (χ3n) is 1.64. The normalized spacial score (nSPS) is 10.6. The van der Waals surface area contributed by atoms with Crippen LogP contribution in [0.1, 0.15) is 0 Å². The molecule has 0 aliphatic rings. The van der Waals surface area contributed by atoms with Gasteiger partial charge in [-0.2, -0.15) is 4.74 Å². The van der Waals surface area contributed by atoms with E-state index in [9.17, 15) is 4.79 Å². The van der Waals surface area contributed by atoms with Crippen molar-refractivity contribution in [1.29, 1.82) is 0 Å². The van der Waals surface area contributed by atoms with Crippen molar-refractivity contribution in [1.82, 2.24) is 4.74 Å². The van der Waals surface area contributed by atoms with Crippen LogP contribution in [0.4, 0.5) is 0 Å². The fraction of sp³-hybridized carbons (Fsp3) is 0.125. The van der Waals surface area contributed by atoms with E-state index in [-0.39, 0.29) is 5.56 Å². The quantitative estimate of drug-likeness (QED) is 0.562. The molecule has 2 rings (SSSR count). The van der Waals surface area contributed by atoms with Gasteiger partial charge in [0.2, 0.25) is 0 Å². The molecular weight excluding hydrogens is 142 g/mol. The molecule has 1 aromatic heterocycles. The van der Waals surface area contributed by atoms with Crippen LogP contribution in [-0.4, -0.2) is 4.74 Å². The zero-order valence-corrected chi connectivity index (χ0v) is 6.07. The topological polar surface area (TPSA) is 35.1 Å². The van der Waals surface area contributed by atoms with E-state index in [1.54, 1.807) is 19.2 Å². The van der Waals surface area contributed by atoms with E-state index in [0.29, 0.717) is 11.0 Å². The maximum Gasteiger partial charge on any atom is 0.290 e. The van der Waals surface area contributed by atoms with Gasteiger partial charge in [0.25, 0.3) is 5.56 Å². The molecule has 0 aliphatic heterocycles. The second-order valence-electron chi connectivity index (χ2n) is 2.39. The fourth-order valence-electron chi connectivity index (χ4n) is 1.08. The summed E-state index contributed by atoms with van der Waals surface area (Å²) in [6, 6.07) is 7.18. The van der Waals surface area contributed by atoms with E-state index in [1.165, 1.54) is 4.74 Å². The van der Waals surface area contributed by atoms with Crippen LogP contribution < -0.4 is 5.56 Å². The third-order valence-corrected chi connectivity index (χ3v) is 1.64. The number of fused-ring (bicyclic) bond motifs is 1. The first kappa shape index (κ1) is 6.22. The van der Waals surface area contributed by atoms with Crippen molar-refractivity contribution >= 4 is 11.0 Å². The van der Waals surface area contributed by atoms with Crippen molar-refractivity contribution in [3.8, 4) is 0 Å². The molecule has 1 aromatic carbocycles. The maximum absolute atomic E-state index is 11.2. The number of benzene rings is 1. The molecule has 0 unspecified atom stereocenters. The largest absolute Gasteiger partial charge is 0.376 e. The summed E-state index contributed by atoms with van der Waals surface area (Å²) < 4.78 is 6.33. The lowest BCUT2D eigenvalue weighted by Gasteiger charge is -1.80. The molecule has 0 aliphatic carbocycles. The minimum atomic E-state index is -0.0828. The van der Waals surface area contributed by atoms with Crippen LogP contribution in [0.25, 0.3) is 11.0 Å². The van der Waals surface area contributed by atoms with Gasteiger partial charge in [0.05, 0.1) is 5.39 Å². The molecular formula is C8H7NO2. The van der Waals surface area contributed by atoms with Gasteiger partial charge >= 0.3 is 0 Å². The highest BCUT2D eigenvalue weighted by Crippen LogP contribution is 2.07. The average molecular weight is 149 g/mol. The van der Waals surface area contributed by atoms with Gasteiger partial charge in [0, 0.05) is 7.05 Å². The zero-order valence-electron chi connectivity index (χ0n) is 6.07. The Labute approximate surface area is 62.8 Å². The number of aromatic nitrogens is 1. The van der Waals surface area contributed by atoms with Gasteiger partial charge in [-0.15, -0.1) is 0 Å². The summed E-state index contributed by atoms with van der Waals surface area (Å²) in [7, 11) is 1.60. The Morgan fingerprint density at radius 2 is 2.09 bits per heavy atom. The second kappa shape index (κ2) is 1.99. The molecule has 0 amide bonds. The van der Waals surface area contributed by atoms with Gasteiger partial charge < -0.3 is 4.52 Å². The predicted octanol–water partition coefficient (Wildman–Crippen LogP) is 1.13. The van der Waals surface area contributed by atoms with Crippen LogP contribution in [0.15, 0.2) is 33.6 Å². The van der Waals surface area contributed by atoms with Crippen LogP contribution in [0.2, 0.25) is 0 Å². The Hall–Kier alpha value is -1.51. The van der Waals surface area contributed by atoms with Gasteiger partial charge in [-0.25, -0.2) is 0 Å². The first-order valence-electron chi connectivity index (χ1n) is 3.34. The lowest BCUT2D eigenvalue weighted by atomic mass is 10.3. The van der Waals surface area contributed by atoms with Crippen LogP contribution >= 0.6 is 0 Å². The number of rotatable bonds is 0. The van der Waals surface area contributed by atoms with E-state index in [1.807, 2.05) is 12.1 Å². The van der Waals surface area contributed by atoms with Crippen LogP contribution in [0.3, 0.4) is 0 Å². The molecule has 0 N–H and O–H groups in total. The number of hydrogen-bond acceptors (Lipinski definition) is 2. The molecule has 0 radical (unpaired) electrons. The monoisotopic (exact) mass is 149 g/mol. The SMILES string of the molecule is Cn1oc2ccccc2c1=O. The molecule has 56 valence electrons. The van der Waals surface area contributed by atoms with Crippen molar-refractivity contribution in [3.05, 3.63) is 34.6 Å². The Kier molecular flexibility index (Phi) is 1.12.